The van der Waals surface area contributed by atoms with Gasteiger partial charge in [0.2, 0.25) is 11.8 Å². The van der Waals surface area contributed by atoms with E-state index in [0.29, 0.717) is 18.7 Å². The largest absolute Gasteiger partial charge is 0.497 e. The van der Waals surface area contributed by atoms with Crippen molar-refractivity contribution >= 4 is 27.5 Å². The van der Waals surface area contributed by atoms with E-state index in [0.717, 1.165) is 9.87 Å². The summed E-state index contributed by atoms with van der Waals surface area (Å²) in [5.41, 5.74) is 1.11. The minimum atomic E-state index is -4.11. The molecule has 0 spiro atoms. The first-order chi connectivity index (χ1) is 17.8. The maximum absolute atomic E-state index is 13.9. The molecule has 0 aromatic heterocycles. The predicted molar refractivity (Wildman–Crippen MR) is 144 cm³/mol. The van der Waals surface area contributed by atoms with Crippen LogP contribution in [0.15, 0.2) is 89.8 Å². The lowest BCUT2D eigenvalue weighted by Gasteiger charge is -2.33. The molecule has 0 aliphatic heterocycles. The molecule has 0 bridgehead atoms. The lowest BCUT2D eigenvalue weighted by Crippen LogP contribution is -2.52. The first-order valence-corrected chi connectivity index (χ1v) is 13.6. The van der Waals surface area contributed by atoms with Gasteiger partial charge in [-0.05, 0) is 43.2 Å². The molecule has 8 nitrogen and oxygen atoms in total. The van der Waals surface area contributed by atoms with Crippen LogP contribution in [-0.4, -0.2) is 51.4 Å². The van der Waals surface area contributed by atoms with Crippen molar-refractivity contribution in [3.8, 4) is 5.75 Å². The summed E-state index contributed by atoms with van der Waals surface area (Å²) in [6.07, 6.45) is 0.370. The number of anilines is 1. The molecule has 3 aromatic rings. The molecule has 0 aliphatic carbocycles. The lowest BCUT2D eigenvalue weighted by molar-refractivity contribution is -0.140. The minimum absolute atomic E-state index is 0.0518. The van der Waals surface area contributed by atoms with Gasteiger partial charge in [-0.2, -0.15) is 0 Å². The summed E-state index contributed by atoms with van der Waals surface area (Å²) >= 11 is 0. The van der Waals surface area contributed by atoms with Crippen molar-refractivity contribution in [2.75, 3.05) is 24.5 Å². The Bertz CT molecular complexity index is 1280. The van der Waals surface area contributed by atoms with Gasteiger partial charge >= 0.3 is 0 Å². The van der Waals surface area contributed by atoms with Crippen LogP contribution in [-0.2, 0) is 26.2 Å². The van der Waals surface area contributed by atoms with Crippen LogP contribution < -0.4 is 14.4 Å². The molecule has 0 saturated carbocycles. The van der Waals surface area contributed by atoms with Crippen molar-refractivity contribution < 1.29 is 22.7 Å². The number of likely N-dealkylation sites (N-methyl/N-ethyl adjacent to an activating group) is 1. The van der Waals surface area contributed by atoms with Gasteiger partial charge in [0.15, 0.2) is 0 Å². The van der Waals surface area contributed by atoms with Gasteiger partial charge in [-0.25, -0.2) is 8.42 Å². The predicted octanol–water partition coefficient (Wildman–Crippen LogP) is 3.83. The quantitative estimate of drug-likeness (QED) is 0.389. The number of hydrogen-bond donors (Lipinski definition) is 1. The Kier molecular flexibility index (Phi) is 9.68. The Balaban J connectivity index is 2.05. The fourth-order valence-electron chi connectivity index (χ4n) is 4.01. The second-order valence-electron chi connectivity index (χ2n) is 8.35. The Hall–Kier alpha value is -3.85. The van der Waals surface area contributed by atoms with Crippen LogP contribution in [0.3, 0.4) is 0 Å². The van der Waals surface area contributed by atoms with Crippen LogP contribution in [0.4, 0.5) is 5.69 Å². The van der Waals surface area contributed by atoms with E-state index in [-0.39, 0.29) is 23.0 Å². The number of carbonyl (C=O) groups excluding carboxylic acids is 2. The summed E-state index contributed by atoms with van der Waals surface area (Å²) in [7, 11) is -2.63. The van der Waals surface area contributed by atoms with Gasteiger partial charge in [-0.1, -0.05) is 61.5 Å². The van der Waals surface area contributed by atoms with Crippen LogP contribution in [0, 0.1) is 0 Å². The van der Waals surface area contributed by atoms with Gasteiger partial charge in [0.05, 0.1) is 17.7 Å². The molecular weight excluding hydrogens is 490 g/mol. The minimum Gasteiger partial charge on any atom is -0.497 e. The average molecular weight is 524 g/mol. The van der Waals surface area contributed by atoms with Crippen molar-refractivity contribution in [3.05, 3.63) is 90.5 Å². The second kappa shape index (κ2) is 12.9. The second-order valence-corrected chi connectivity index (χ2v) is 10.2. The topological polar surface area (TPSA) is 96.0 Å². The summed E-state index contributed by atoms with van der Waals surface area (Å²) in [6.45, 7) is 3.72. The highest BCUT2D eigenvalue weighted by atomic mass is 32.2. The molecule has 0 heterocycles. The highest BCUT2D eigenvalue weighted by Crippen LogP contribution is 2.27. The van der Waals surface area contributed by atoms with Gasteiger partial charge in [0.1, 0.15) is 18.3 Å². The average Bonchev–Trinajstić information content (AvgIpc) is 2.92. The molecule has 3 rings (SSSR count). The van der Waals surface area contributed by atoms with E-state index in [1.807, 2.05) is 44.2 Å². The van der Waals surface area contributed by atoms with Crippen molar-refractivity contribution in [2.24, 2.45) is 0 Å². The number of nitrogens with zero attached hydrogens (tertiary/aromatic N) is 2. The third-order valence-electron chi connectivity index (χ3n) is 5.88. The Morgan fingerprint density at radius 2 is 1.57 bits per heavy atom. The number of sulfonamides is 1. The van der Waals surface area contributed by atoms with E-state index in [2.05, 4.69) is 5.32 Å². The number of carbonyl (C=O) groups is 2. The van der Waals surface area contributed by atoms with Gasteiger partial charge in [0, 0.05) is 19.2 Å². The van der Waals surface area contributed by atoms with E-state index < -0.39 is 28.5 Å². The monoisotopic (exact) mass is 523 g/mol. The lowest BCUT2D eigenvalue weighted by atomic mass is 10.1. The number of ether oxygens (including phenoxy) is 1. The molecule has 0 radical (unpaired) electrons. The standard InChI is InChI=1S/C28H33N3O5S/c1-4-26(28(33)29-5-2)30(20-22-13-8-6-9-14-22)27(32)21-31(23-15-12-16-24(19-23)36-3)37(34,35)25-17-10-7-11-18-25/h6-19,26H,4-5,20-21H2,1-3H3,(H,29,33)/t26-/m1/s1. The zero-order valence-corrected chi connectivity index (χ0v) is 22.1. The molecule has 1 N–H and O–H groups in total. The number of nitrogens with one attached hydrogen (secondary N) is 1. The van der Waals surface area contributed by atoms with Gasteiger partial charge in [-0.15, -0.1) is 0 Å². The summed E-state index contributed by atoms with van der Waals surface area (Å²) in [5, 5.41) is 2.79. The maximum atomic E-state index is 13.9. The summed E-state index contributed by atoms with van der Waals surface area (Å²) in [6, 6.07) is 23.0. The number of methoxy groups -OCH3 is 1. The van der Waals surface area contributed by atoms with E-state index in [1.54, 1.807) is 42.5 Å². The van der Waals surface area contributed by atoms with Gasteiger partial charge in [-0.3, -0.25) is 13.9 Å². The highest BCUT2D eigenvalue weighted by Gasteiger charge is 2.33. The van der Waals surface area contributed by atoms with Crippen LogP contribution in [0.1, 0.15) is 25.8 Å². The first kappa shape index (κ1) is 27.7. The molecule has 2 amide bonds. The summed E-state index contributed by atoms with van der Waals surface area (Å²) in [5.74, 6) is -0.328. The number of amides is 2. The molecule has 9 heteroatoms. The molecule has 37 heavy (non-hydrogen) atoms. The fraction of sp³-hybridized carbons (Fsp3) is 0.286. The van der Waals surface area contributed by atoms with Crippen molar-refractivity contribution in [1.82, 2.24) is 10.2 Å². The Morgan fingerprint density at radius 3 is 2.16 bits per heavy atom. The molecule has 3 aromatic carbocycles. The van der Waals surface area contributed by atoms with E-state index >= 15 is 0 Å². The molecule has 0 unspecified atom stereocenters. The van der Waals surface area contributed by atoms with Crippen molar-refractivity contribution in [1.29, 1.82) is 0 Å². The fourth-order valence-corrected chi connectivity index (χ4v) is 5.43. The molecule has 0 saturated heterocycles. The number of benzene rings is 3. The third kappa shape index (κ3) is 6.89. The molecule has 1 atom stereocenters. The SMILES string of the molecule is CCNC(=O)[C@@H](CC)N(Cc1ccccc1)C(=O)CN(c1cccc(OC)c1)S(=O)(=O)c1ccccc1. The number of rotatable bonds is 12. The van der Waals surface area contributed by atoms with Crippen LogP contribution in [0.5, 0.6) is 5.75 Å². The molecule has 0 aliphatic rings. The van der Waals surface area contributed by atoms with E-state index in [9.17, 15) is 18.0 Å². The zero-order valence-electron chi connectivity index (χ0n) is 21.3. The summed E-state index contributed by atoms with van der Waals surface area (Å²) < 4.78 is 33.9. The van der Waals surface area contributed by atoms with Crippen LogP contribution in [0.25, 0.3) is 0 Å². The first-order valence-electron chi connectivity index (χ1n) is 12.1. The van der Waals surface area contributed by atoms with E-state index in [1.165, 1.54) is 24.1 Å². The van der Waals surface area contributed by atoms with Gasteiger partial charge < -0.3 is 15.0 Å². The van der Waals surface area contributed by atoms with Crippen LogP contribution in [0.2, 0.25) is 0 Å². The normalized spacial score (nSPS) is 11.9. The Labute approximate surface area is 218 Å². The van der Waals surface area contributed by atoms with Crippen molar-refractivity contribution in [3.63, 3.8) is 0 Å². The third-order valence-corrected chi connectivity index (χ3v) is 7.67. The Morgan fingerprint density at radius 1 is 0.919 bits per heavy atom. The van der Waals surface area contributed by atoms with E-state index in [4.69, 9.17) is 4.74 Å². The molecule has 196 valence electrons. The van der Waals surface area contributed by atoms with Gasteiger partial charge in [0.25, 0.3) is 10.0 Å². The molecule has 0 fully saturated rings. The smallest absolute Gasteiger partial charge is 0.264 e. The van der Waals surface area contributed by atoms with Crippen LogP contribution >= 0.6 is 0 Å². The zero-order chi connectivity index (χ0) is 26.8. The molecular formula is C28H33N3O5S. The summed E-state index contributed by atoms with van der Waals surface area (Å²) in [4.78, 5) is 28.3. The number of hydrogen-bond acceptors (Lipinski definition) is 5. The highest BCUT2D eigenvalue weighted by molar-refractivity contribution is 7.92. The maximum Gasteiger partial charge on any atom is 0.264 e. The van der Waals surface area contributed by atoms with Crippen molar-refractivity contribution in [2.45, 2.75) is 37.8 Å².